The second kappa shape index (κ2) is 5.90. The van der Waals surface area contributed by atoms with Crippen molar-refractivity contribution in [2.75, 3.05) is 25.5 Å². The fraction of sp³-hybridized carbons (Fsp3) is 0.462. The molecule has 1 aromatic rings. The summed E-state index contributed by atoms with van der Waals surface area (Å²) in [6.07, 6.45) is -0.325. The molecule has 3 N–H and O–H groups in total. The maximum atomic E-state index is 12.5. The summed E-state index contributed by atoms with van der Waals surface area (Å²) in [5.41, 5.74) is 6.78. The maximum Gasteiger partial charge on any atom is 0.256 e. The van der Waals surface area contributed by atoms with Crippen LogP contribution < -0.4 is 5.73 Å². The molecule has 0 saturated carbocycles. The molecule has 0 spiro atoms. The lowest BCUT2D eigenvalue weighted by Crippen LogP contribution is -2.52. The second-order valence-electron chi connectivity index (χ2n) is 4.68. The smallest absolute Gasteiger partial charge is 0.256 e. The number of benzene rings is 1. The van der Waals surface area contributed by atoms with Crippen molar-refractivity contribution in [2.24, 2.45) is 0 Å². The van der Waals surface area contributed by atoms with Crippen LogP contribution in [0.4, 0.5) is 5.69 Å². The summed E-state index contributed by atoms with van der Waals surface area (Å²) < 4.78 is 6.24. The minimum Gasteiger partial charge on any atom is -0.398 e. The van der Waals surface area contributed by atoms with E-state index in [0.717, 1.165) is 4.47 Å². The van der Waals surface area contributed by atoms with Gasteiger partial charge in [-0.25, -0.2) is 0 Å². The molecule has 19 heavy (non-hydrogen) atoms. The Labute approximate surface area is 120 Å². The van der Waals surface area contributed by atoms with E-state index in [4.69, 9.17) is 15.6 Å². The van der Waals surface area contributed by atoms with Gasteiger partial charge in [0.1, 0.15) is 0 Å². The number of rotatable bonds is 2. The Morgan fingerprint density at radius 2 is 2.37 bits per heavy atom. The number of amides is 1. The number of hydrogen-bond donors (Lipinski definition) is 2. The molecule has 1 amide bonds. The van der Waals surface area contributed by atoms with Crippen LogP contribution in [0.25, 0.3) is 0 Å². The third kappa shape index (κ3) is 3.08. The summed E-state index contributed by atoms with van der Waals surface area (Å²) >= 11 is 3.34. The van der Waals surface area contributed by atoms with Gasteiger partial charge in [-0.2, -0.15) is 0 Å². The number of nitrogens with two attached hydrogens (primary N) is 1. The molecule has 1 aliphatic heterocycles. The van der Waals surface area contributed by atoms with E-state index in [1.165, 1.54) is 0 Å². The van der Waals surface area contributed by atoms with E-state index >= 15 is 0 Å². The average Bonchev–Trinajstić information content (AvgIpc) is 2.41. The first-order chi connectivity index (χ1) is 9.02. The Kier molecular flexibility index (Phi) is 4.44. The van der Waals surface area contributed by atoms with Gasteiger partial charge in [0.25, 0.3) is 5.91 Å². The Balaban J connectivity index is 2.24. The zero-order valence-corrected chi connectivity index (χ0v) is 12.3. The largest absolute Gasteiger partial charge is 0.398 e. The Bertz CT molecular complexity index is 481. The molecule has 0 bridgehead atoms. The minimum absolute atomic E-state index is 0.0336. The Morgan fingerprint density at radius 1 is 1.63 bits per heavy atom. The van der Waals surface area contributed by atoms with Crippen LogP contribution in [0, 0.1) is 0 Å². The predicted octanol–water partition coefficient (Wildman–Crippen LogP) is 1.25. The molecule has 5 nitrogen and oxygen atoms in total. The van der Waals surface area contributed by atoms with Crippen LogP contribution in [0.5, 0.6) is 0 Å². The van der Waals surface area contributed by atoms with E-state index in [9.17, 15) is 4.79 Å². The van der Waals surface area contributed by atoms with Crippen molar-refractivity contribution >= 4 is 27.5 Å². The SMILES string of the molecule is CC1COC(CO)CN1C(=O)c1cc(Br)ccc1N. The monoisotopic (exact) mass is 328 g/mol. The van der Waals surface area contributed by atoms with Crippen molar-refractivity contribution in [1.29, 1.82) is 0 Å². The maximum absolute atomic E-state index is 12.5. The van der Waals surface area contributed by atoms with Gasteiger partial charge in [-0.05, 0) is 25.1 Å². The highest BCUT2D eigenvalue weighted by Gasteiger charge is 2.30. The van der Waals surface area contributed by atoms with E-state index in [2.05, 4.69) is 15.9 Å². The quantitative estimate of drug-likeness (QED) is 0.801. The molecule has 0 aromatic heterocycles. The zero-order valence-electron chi connectivity index (χ0n) is 10.7. The van der Waals surface area contributed by atoms with Crippen molar-refractivity contribution in [3.05, 3.63) is 28.2 Å². The Hall–Kier alpha value is -1.11. The summed E-state index contributed by atoms with van der Waals surface area (Å²) in [6.45, 7) is 2.62. The van der Waals surface area contributed by atoms with E-state index < -0.39 is 0 Å². The van der Waals surface area contributed by atoms with Crippen LogP contribution in [0.1, 0.15) is 17.3 Å². The third-order valence-electron chi connectivity index (χ3n) is 3.22. The van der Waals surface area contributed by atoms with E-state index in [1.54, 1.807) is 23.1 Å². The van der Waals surface area contributed by atoms with Gasteiger partial charge >= 0.3 is 0 Å². The molecule has 1 heterocycles. The number of carbonyl (C=O) groups excluding carboxylic acids is 1. The fourth-order valence-corrected chi connectivity index (χ4v) is 2.44. The number of nitrogens with zero attached hydrogens (tertiary/aromatic N) is 1. The first kappa shape index (κ1) is 14.3. The lowest BCUT2D eigenvalue weighted by atomic mass is 10.1. The molecule has 1 aromatic carbocycles. The van der Waals surface area contributed by atoms with Crippen LogP contribution in [0.2, 0.25) is 0 Å². The van der Waals surface area contributed by atoms with Crippen LogP contribution in [0.3, 0.4) is 0 Å². The average molecular weight is 329 g/mol. The highest BCUT2D eigenvalue weighted by molar-refractivity contribution is 9.10. The number of aliphatic hydroxyl groups excluding tert-OH is 1. The topological polar surface area (TPSA) is 75.8 Å². The summed E-state index contributed by atoms with van der Waals surface area (Å²) in [5.74, 6) is -0.131. The summed E-state index contributed by atoms with van der Waals surface area (Å²) in [6, 6.07) is 5.18. The molecule has 2 rings (SSSR count). The first-order valence-electron chi connectivity index (χ1n) is 6.11. The van der Waals surface area contributed by atoms with Crippen molar-refractivity contribution in [2.45, 2.75) is 19.1 Å². The van der Waals surface area contributed by atoms with Gasteiger partial charge in [0.05, 0.1) is 30.9 Å². The number of carbonyl (C=O) groups is 1. The second-order valence-corrected chi connectivity index (χ2v) is 5.59. The number of aliphatic hydroxyl groups is 1. The number of nitrogen functional groups attached to an aromatic ring is 1. The number of halogens is 1. The predicted molar refractivity (Wildman–Crippen MR) is 75.9 cm³/mol. The van der Waals surface area contributed by atoms with Gasteiger partial charge in [0.2, 0.25) is 0 Å². The number of morpholine rings is 1. The standard InChI is InChI=1S/C13H17BrN2O3/c1-8-7-19-10(6-17)5-16(8)13(18)11-4-9(14)2-3-12(11)15/h2-4,8,10,17H,5-7,15H2,1H3. The lowest BCUT2D eigenvalue weighted by Gasteiger charge is -2.37. The zero-order chi connectivity index (χ0) is 14.0. The highest BCUT2D eigenvalue weighted by atomic mass is 79.9. The number of anilines is 1. The Morgan fingerprint density at radius 3 is 3.05 bits per heavy atom. The fourth-order valence-electron chi connectivity index (χ4n) is 2.08. The molecule has 1 aliphatic rings. The van der Waals surface area contributed by atoms with Crippen molar-refractivity contribution in [3.63, 3.8) is 0 Å². The summed E-state index contributed by atoms with van der Waals surface area (Å²) in [4.78, 5) is 14.2. The molecule has 2 atom stereocenters. The molecule has 2 unspecified atom stereocenters. The van der Waals surface area contributed by atoms with Gasteiger partial charge in [-0.1, -0.05) is 15.9 Å². The molecule has 0 radical (unpaired) electrons. The summed E-state index contributed by atoms with van der Waals surface area (Å²) in [7, 11) is 0. The van der Waals surface area contributed by atoms with Crippen LogP contribution >= 0.6 is 15.9 Å². The first-order valence-corrected chi connectivity index (χ1v) is 6.90. The van der Waals surface area contributed by atoms with Gasteiger partial charge in [0.15, 0.2) is 0 Å². The van der Waals surface area contributed by atoms with E-state index in [0.29, 0.717) is 24.4 Å². The van der Waals surface area contributed by atoms with Gasteiger partial charge in [-0.15, -0.1) is 0 Å². The molecule has 104 valence electrons. The van der Waals surface area contributed by atoms with Crippen molar-refractivity contribution < 1.29 is 14.6 Å². The van der Waals surface area contributed by atoms with Crippen molar-refractivity contribution in [1.82, 2.24) is 4.90 Å². The number of ether oxygens (including phenoxy) is 1. The van der Waals surface area contributed by atoms with Crippen molar-refractivity contribution in [3.8, 4) is 0 Å². The number of hydrogen-bond acceptors (Lipinski definition) is 4. The molecule has 1 fully saturated rings. The lowest BCUT2D eigenvalue weighted by molar-refractivity contribution is -0.0667. The molecule has 6 heteroatoms. The summed E-state index contributed by atoms with van der Waals surface area (Å²) in [5, 5.41) is 9.15. The molecule has 0 aliphatic carbocycles. The van der Waals surface area contributed by atoms with Crippen LogP contribution in [0.15, 0.2) is 22.7 Å². The van der Waals surface area contributed by atoms with E-state index in [1.807, 2.05) is 6.92 Å². The van der Waals surface area contributed by atoms with Crippen LogP contribution in [-0.2, 0) is 4.74 Å². The van der Waals surface area contributed by atoms with Gasteiger partial charge < -0.3 is 20.5 Å². The molecular weight excluding hydrogens is 312 g/mol. The third-order valence-corrected chi connectivity index (χ3v) is 3.71. The highest BCUT2D eigenvalue weighted by Crippen LogP contribution is 2.22. The van der Waals surface area contributed by atoms with Gasteiger partial charge in [-0.3, -0.25) is 4.79 Å². The minimum atomic E-state index is -0.325. The van der Waals surface area contributed by atoms with Crippen LogP contribution in [-0.4, -0.2) is 47.8 Å². The van der Waals surface area contributed by atoms with E-state index in [-0.39, 0.29) is 24.7 Å². The molecular formula is C13H17BrN2O3. The van der Waals surface area contributed by atoms with Gasteiger partial charge in [0, 0.05) is 16.7 Å². The normalized spacial score (nSPS) is 23.4. The molecule has 1 saturated heterocycles.